The van der Waals surface area contributed by atoms with Crippen molar-refractivity contribution in [2.24, 2.45) is 0 Å². The zero-order valence-corrected chi connectivity index (χ0v) is 21.0. The number of fused-ring (bicyclic) bond motifs is 1. The van der Waals surface area contributed by atoms with E-state index in [2.05, 4.69) is 41.9 Å². The molecular weight excluding hydrogens is 462 g/mol. The molecule has 0 saturated carbocycles. The number of hydrogen-bond acceptors (Lipinski definition) is 4. The summed E-state index contributed by atoms with van der Waals surface area (Å²) in [6.45, 7) is 7.30. The first-order valence-corrected chi connectivity index (χ1v) is 12.1. The number of rotatable bonds is 10. The van der Waals surface area contributed by atoms with Crippen LogP contribution in [0.25, 0.3) is 11.0 Å². The summed E-state index contributed by atoms with van der Waals surface area (Å²) in [4.78, 5) is 17.4. The highest BCUT2D eigenvalue weighted by atomic mass is 35.5. The second kappa shape index (κ2) is 11.3. The fourth-order valence-electron chi connectivity index (χ4n) is 4.05. The van der Waals surface area contributed by atoms with E-state index in [-0.39, 0.29) is 18.6 Å². The quantitative estimate of drug-likeness (QED) is 0.275. The van der Waals surface area contributed by atoms with Gasteiger partial charge in [0.2, 0.25) is 0 Å². The number of para-hydroxylation sites is 2. The highest BCUT2D eigenvalue weighted by Gasteiger charge is 2.18. The first kappa shape index (κ1) is 24.6. The van der Waals surface area contributed by atoms with E-state index in [0.717, 1.165) is 41.1 Å². The van der Waals surface area contributed by atoms with Gasteiger partial charge in [-0.25, -0.2) is 4.98 Å². The topological polar surface area (TPSA) is 65.4 Å². The third-order valence-corrected chi connectivity index (χ3v) is 6.00. The Morgan fingerprint density at radius 2 is 1.83 bits per heavy atom. The van der Waals surface area contributed by atoms with Crippen LogP contribution in [0, 0.1) is 13.8 Å². The fraction of sp³-hybridized carbons (Fsp3) is 0.286. The standard InChI is InChI=1S/C28H30ClN3O3/c1-19-9-14-26(20(2)17-19)34-16-6-15-32-25-8-5-4-7-24(25)31-28(32)21(3)30-27(33)18-35-23-12-10-22(29)11-13-23/h4-5,7-14,17,21H,6,15-16,18H2,1-3H3,(H,30,33). The van der Waals surface area contributed by atoms with Crippen LogP contribution < -0.4 is 14.8 Å². The number of aryl methyl sites for hydroxylation is 3. The van der Waals surface area contributed by atoms with Gasteiger partial charge in [-0.2, -0.15) is 0 Å². The van der Waals surface area contributed by atoms with Crippen molar-refractivity contribution in [1.82, 2.24) is 14.9 Å². The first-order chi connectivity index (χ1) is 16.9. The van der Waals surface area contributed by atoms with Crippen molar-refractivity contribution in [1.29, 1.82) is 0 Å². The van der Waals surface area contributed by atoms with Crippen molar-refractivity contribution < 1.29 is 14.3 Å². The van der Waals surface area contributed by atoms with E-state index < -0.39 is 0 Å². The number of halogens is 1. The molecule has 7 heteroatoms. The molecule has 1 amide bonds. The Morgan fingerprint density at radius 1 is 1.06 bits per heavy atom. The van der Waals surface area contributed by atoms with Gasteiger partial charge in [-0.15, -0.1) is 0 Å². The molecule has 0 saturated heterocycles. The molecule has 1 atom stereocenters. The van der Waals surface area contributed by atoms with Crippen LogP contribution in [-0.2, 0) is 11.3 Å². The van der Waals surface area contributed by atoms with Crippen LogP contribution in [0.15, 0.2) is 66.7 Å². The number of benzene rings is 3. The maximum absolute atomic E-state index is 12.5. The smallest absolute Gasteiger partial charge is 0.258 e. The van der Waals surface area contributed by atoms with E-state index in [1.807, 2.05) is 31.2 Å². The lowest BCUT2D eigenvalue weighted by Gasteiger charge is -2.17. The maximum Gasteiger partial charge on any atom is 0.258 e. The van der Waals surface area contributed by atoms with E-state index in [0.29, 0.717) is 17.4 Å². The number of nitrogens with one attached hydrogen (secondary N) is 1. The van der Waals surface area contributed by atoms with Crippen LogP contribution in [-0.4, -0.2) is 28.7 Å². The summed E-state index contributed by atoms with van der Waals surface area (Å²) in [7, 11) is 0. The molecule has 4 rings (SSSR count). The first-order valence-electron chi connectivity index (χ1n) is 11.7. The second-order valence-corrected chi connectivity index (χ2v) is 9.05. The lowest BCUT2D eigenvalue weighted by atomic mass is 10.1. The van der Waals surface area contributed by atoms with Crippen LogP contribution in [0.1, 0.15) is 36.3 Å². The minimum Gasteiger partial charge on any atom is -0.493 e. The van der Waals surface area contributed by atoms with Crippen LogP contribution in [0.3, 0.4) is 0 Å². The van der Waals surface area contributed by atoms with Gasteiger partial charge in [0, 0.05) is 11.6 Å². The third kappa shape index (κ3) is 6.34. The number of hydrogen-bond donors (Lipinski definition) is 1. The largest absolute Gasteiger partial charge is 0.493 e. The number of ether oxygens (including phenoxy) is 2. The summed E-state index contributed by atoms with van der Waals surface area (Å²) in [5.74, 6) is 2.09. The molecule has 0 spiro atoms. The average molecular weight is 492 g/mol. The highest BCUT2D eigenvalue weighted by molar-refractivity contribution is 6.30. The normalized spacial score (nSPS) is 11.9. The fourth-order valence-corrected chi connectivity index (χ4v) is 4.18. The molecule has 4 aromatic rings. The SMILES string of the molecule is Cc1ccc(OCCCn2c(C(C)NC(=O)COc3ccc(Cl)cc3)nc3ccccc32)c(C)c1. The van der Waals surface area contributed by atoms with Gasteiger partial charge in [-0.1, -0.05) is 41.4 Å². The van der Waals surface area contributed by atoms with Crippen LogP contribution in [0.5, 0.6) is 11.5 Å². The summed E-state index contributed by atoms with van der Waals surface area (Å²) in [6, 6.07) is 20.8. The molecule has 0 aliphatic heterocycles. The van der Waals surface area contributed by atoms with Crippen molar-refractivity contribution in [3.63, 3.8) is 0 Å². The molecule has 0 aliphatic rings. The number of aromatic nitrogens is 2. The molecule has 1 heterocycles. The molecular formula is C28H30ClN3O3. The minimum absolute atomic E-state index is 0.0874. The van der Waals surface area contributed by atoms with Gasteiger partial charge in [-0.3, -0.25) is 4.79 Å². The van der Waals surface area contributed by atoms with Crippen molar-refractivity contribution in [2.45, 2.75) is 39.8 Å². The number of carbonyl (C=O) groups is 1. The van der Waals surface area contributed by atoms with Gasteiger partial charge < -0.3 is 19.4 Å². The molecule has 0 aliphatic carbocycles. The Labute approximate surface area is 210 Å². The third-order valence-electron chi connectivity index (χ3n) is 5.75. The van der Waals surface area contributed by atoms with Crippen LogP contribution in [0.4, 0.5) is 0 Å². The molecule has 3 aromatic carbocycles. The molecule has 1 unspecified atom stereocenters. The highest BCUT2D eigenvalue weighted by Crippen LogP contribution is 2.23. The molecule has 6 nitrogen and oxygen atoms in total. The second-order valence-electron chi connectivity index (χ2n) is 8.61. The van der Waals surface area contributed by atoms with E-state index in [9.17, 15) is 4.79 Å². The van der Waals surface area contributed by atoms with Gasteiger partial charge >= 0.3 is 0 Å². The lowest BCUT2D eigenvalue weighted by Crippen LogP contribution is -2.32. The van der Waals surface area contributed by atoms with Gasteiger partial charge in [-0.05, 0) is 75.2 Å². The van der Waals surface area contributed by atoms with Gasteiger partial charge in [0.05, 0.1) is 23.7 Å². The molecule has 0 fully saturated rings. The van der Waals surface area contributed by atoms with E-state index in [1.54, 1.807) is 24.3 Å². The molecule has 35 heavy (non-hydrogen) atoms. The summed E-state index contributed by atoms with van der Waals surface area (Å²) in [5.41, 5.74) is 4.29. The van der Waals surface area contributed by atoms with E-state index in [1.165, 1.54) is 5.56 Å². The zero-order chi connectivity index (χ0) is 24.8. The Balaban J connectivity index is 1.39. The predicted octanol–water partition coefficient (Wildman–Crippen LogP) is 6.03. The zero-order valence-electron chi connectivity index (χ0n) is 20.3. The molecule has 0 bridgehead atoms. The summed E-state index contributed by atoms with van der Waals surface area (Å²) in [5, 5.41) is 3.62. The van der Waals surface area contributed by atoms with Gasteiger partial charge in [0.15, 0.2) is 6.61 Å². The lowest BCUT2D eigenvalue weighted by molar-refractivity contribution is -0.123. The monoisotopic (exact) mass is 491 g/mol. The Hall–Kier alpha value is -3.51. The Kier molecular flexibility index (Phi) is 7.93. The predicted molar refractivity (Wildman–Crippen MR) is 139 cm³/mol. The Bertz CT molecular complexity index is 1300. The Morgan fingerprint density at radius 3 is 2.60 bits per heavy atom. The summed E-state index contributed by atoms with van der Waals surface area (Å²) >= 11 is 5.90. The molecule has 1 aromatic heterocycles. The average Bonchev–Trinajstić information content (AvgIpc) is 3.21. The number of amides is 1. The maximum atomic E-state index is 12.5. The number of imidazole rings is 1. The summed E-state index contributed by atoms with van der Waals surface area (Å²) < 4.78 is 13.8. The van der Waals surface area contributed by atoms with E-state index >= 15 is 0 Å². The molecule has 182 valence electrons. The molecule has 1 N–H and O–H groups in total. The number of carbonyl (C=O) groups excluding carboxylic acids is 1. The van der Waals surface area contributed by atoms with Gasteiger partial charge in [0.1, 0.15) is 17.3 Å². The minimum atomic E-state index is -0.288. The van der Waals surface area contributed by atoms with Crippen LogP contribution in [0.2, 0.25) is 5.02 Å². The number of nitrogens with zero attached hydrogens (tertiary/aromatic N) is 2. The van der Waals surface area contributed by atoms with Crippen molar-refractivity contribution in [3.05, 3.63) is 88.7 Å². The van der Waals surface area contributed by atoms with Crippen LogP contribution >= 0.6 is 11.6 Å². The van der Waals surface area contributed by atoms with Crippen molar-refractivity contribution in [2.75, 3.05) is 13.2 Å². The van der Waals surface area contributed by atoms with E-state index in [4.69, 9.17) is 26.1 Å². The summed E-state index contributed by atoms with van der Waals surface area (Å²) in [6.07, 6.45) is 0.807. The van der Waals surface area contributed by atoms with Crippen molar-refractivity contribution in [3.8, 4) is 11.5 Å². The van der Waals surface area contributed by atoms with Crippen molar-refractivity contribution >= 4 is 28.5 Å². The molecule has 0 radical (unpaired) electrons. The van der Waals surface area contributed by atoms with Gasteiger partial charge in [0.25, 0.3) is 5.91 Å².